The maximum Gasteiger partial charge on any atom is 0.191 e. The van der Waals surface area contributed by atoms with Gasteiger partial charge in [0.1, 0.15) is 0 Å². The smallest absolute Gasteiger partial charge is 0.191 e. The number of unbranched alkanes of at least 4 members (excludes halogenated alkanes) is 2. The van der Waals surface area contributed by atoms with Gasteiger partial charge in [0.15, 0.2) is 14.1 Å². The molecule has 23 heavy (non-hydrogen) atoms. The number of allylic oxidation sites excluding steroid dienone is 3. The Morgan fingerprint density at radius 3 is 2.61 bits per heavy atom. The van der Waals surface area contributed by atoms with Crippen LogP contribution in [0.4, 0.5) is 0 Å². The Bertz CT molecular complexity index is 475. The number of Topliss-reactive ketones (excluding diaryl/α,β-unsaturated/α-hetero) is 1. The van der Waals surface area contributed by atoms with Crippen molar-refractivity contribution >= 4 is 30.0 Å². The lowest BCUT2D eigenvalue weighted by atomic mass is 10.1. The largest absolute Gasteiger partial charge is 0.417 e. The molecule has 1 aliphatic rings. The summed E-state index contributed by atoms with van der Waals surface area (Å²) >= 11 is 3.52. The zero-order valence-electron chi connectivity index (χ0n) is 15.1. The molecule has 3 nitrogen and oxygen atoms in total. The second kappa shape index (κ2) is 8.74. The Morgan fingerprint density at radius 2 is 2.09 bits per heavy atom. The Morgan fingerprint density at radius 1 is 1.43 bits per heavy atom. The van der Waals surface area contributed by atoms with E-state index in [0.717, 1.165) is 35.9 Å². The minimum Gasteiger partial charge on any atom is -0.417 e. The van der Waals surface area contributed by atoms with Crippen molar-refractivity contribution in [3.63, 3.8) is 0 Å². The number of carbonyl (C=O) groups excluding carboxylic acids is 1. The van der Waals surface area contributed by atoms with Gasteiger partial charge in [0, 0.05) is 19.4 Å². The fourth-order valence-electron chi connectivity index (χ4n) is 2.17. The summed E-state index contributed by atoms with van der Waals surface area (Å²) in [6, 6.07) is 0. The molecule has 1 aliphatic carbocycles. The highest BCUT2D eigenvalue weighted by molar-refractivity contribution is 9.11. The molecule has 132 valence electrons. The molecule has 0 aromatic heterocycles. The fourth-order valence-corrected chi connectivity index (χ4v) is 3.78. The van der Waals surface area contributed by atoms with E-state index in [9.17, 15) is 9.90 Å². The van der Waals surface area contributed by atoms with E-state index in [1.54, 1.807) is 6.08 Å². The van der Waals surface area contributed by atoms with E-state index >= 15 is 0 Å². The summed E-state index contributed by atoms with van der Waals surface area (Å²) in [5.74, 6) is 0.0608. The minimum atomic E-state index is -1.62. The highest BCUT2D eigenvalue weighted by Gasteiger charge is 2.36. The summed E-state index contributed by atoms with van der Waals surface area (Å²) in [5, 5.41) is 9.70. The highest BCUT2D eigenvalue weighted by atomic mass is 79.9. The van der Waals surface area contributed by atoms with Crippen molar-refractivity contribution in [2.45, 2.75) is 77.1 Å². The first-order chi connectivity index (χ1) is 10.5. The number of rotatable bonds is 8. The summed E-state index contributed by atoms with van der Waals surface area (Å²) in [5.41, 5.74) is 0.724. The molecule has 0 heterocycles. The van der Waals surface area contributed by atoms with Crippen LogP contribution in [0.3, 0.4) is 0 Å². The average molecular weight is 403 g/mol. The molecule has 0 spiro atoms. The van der Waals surface area contributed by atoms with Gasteiger partial charge in [-0.3, -0.25) is 4.79 Å². The molecule has 0 unspecified atom stereocenters. The molecular weight excluding hydrogens is 372 g/mol. The van der Waals surface area contributed by atoms with E-state index in [1.165, 1.54) is 0 Å². The quantitative estimate of drug-likeness (QED) is 0.453. The van der Waals surface area contributed by atoms with Gasteiger partial charge in [-0.1, -0.05) is 42.8 Å². The van der Waals surface area contributed by atoms with E-state index < -0.39 is 14.4 Å². The molecule has 0 aliphatic heterocycles. The van der Waals surface area contributed by atoms with E-state index in [2.05, 4.69) is 55.9 Å². The van der Waals surface area contributed by atoms with E-state index in [1.807, 2.05) is 0 Å². The molecule has 0 aromatic carbocycles. The number of halogens is 1. The van der Waals surface area contributed by atoms with Gasteiger partial charge in [-0.05, 0) is 53.5 Å². The molecule has 5 heteroatoms. The van der Waals surface area contributed by atoms with Crippen molar-refractivity contribution in [1.29, 1.82) is 0 Å². The Kier molecular flexibility index (Phi) is 7.91. The van der Waals surface area contributed by atoms with Crippen LogP contribution in [0.1, 0.15) is 52.9 Å². The van der Waals surface area contributed by atoms with Gasteiger partial charge in [0.2, 0.25) is 0 Å². The van der Waals surface area contributed by atoms with Crippen LogP contribution in [-0.4, -0.2) is 31.9 Å². The second-order valence-corrected chi connectivity index (χ2v) is 13.6. The second-order valence-electron chi connectivity index (χ2n) is 7.82. The lowest BCUT2D eigenvalue weighted by Crippen LogP contribution is -2.40. The predicted octanol–water partition coefficient (Wildman–Crippen LogP) is 5.11. The monoisotopic (exact) mass is 402 g/mol. The van der Waals surface area contributed by atoms with Crippen molar-refractivity contribution < 1.29 is 14.3 Å². The molecular formula is C18H31BrO3Si. The summed E-state index contributed by atoms with van der Waals surface area (Å²) in [4.78, 5) is 11.6. The number of ketones is 1. The van der Waals surface area contributed by atoms with Gasteiger partial charge in [0.25, 0.3) is 0 Å². The molecule has 0 bridgehead atoms. The summed E-state index contributed by atoms with van der Waals surface area (Å²) < 4.78 is 7.18. The number of aliphatic hydroxyl groups is 1. The number of hydrogen-bond donors (Lipinski definition) is 1. The molecule has 0 amide bonds. The maximum absolute atomic E-state index is 11.6. The van der Waals surface area contributed by atoms with Gasteiger partial charge in [-0.25, -0.2) is 0 Å². The molecule has 1 atom stereocenters. The first kappa shape index (κ1) is 20.8. The standard InChI is InChI=1S/C18H31BrO3Si/c1-18(2,3)23(4,5)22-10-8-6-7-9-15(19)11-14-12-16(20)13-17(14)21/h9,12,16,20H,6-8,10-11,13H2,1-5H3/b15-9-/t16-/m1/s1. The number of carbonyl (C=O) groups is 1. The normalized spacial score (nSPS) is 20.1. The molecule has 0 radical (unpaired) electrons. The van der Waals surface area contributed by atoms with Crippen LogP contribution in [0.25, 0.3) is 0 Å². The third kappa shape index (κ3) is 7.04. The van der Waals surface area contributed by atoms with Gasteiger partial charge in [0.05, 0.1) is 6.10 Å². The molecule has 0 saturated carbocycles. The number of hydrogen-bond acceptors (Lipinski definition) is 3. The maximum atomic E-state index is 11.6. The van der Waals surface area contributed by atoms with E-state index in [0.29, 0.717) is 6.42 Å². The Balaban J connectivity index is 2.24. The van der Waals surface area contributed by atoms with Crippen molar-refractivity contribution in [3.05, 3.63) is 22.2 Å². The lowest BCUT2D eigenvalue weighted by Gasteiger charge is -2.36. The van der Waals surface area contributed by atoms with Crippen LogP contribution in [0, 0.1) is 0 Å². The Labute approximate surface area is 150 Å². The van der Waals surface area contributed by atoms with Crippen molar-refractivity contribution in [2.24, 2.45) is 0 Å². The van der Waals surface area contributed by atoms with Gasteiger partial charge >= 0.3 is 0 Å². The molecule has 1 rings (SSSR count). The van der Waals surface area contributed by atoms with Crippen LogP contribution < -0.4 is 0 Å². The molecule has 1 N–H and O–H groups in total. The van der Waals surface area contributed by atoms with Gasteiger partial charge in [-0.15, -0.1) is 0 Å². The van der Waals surface area contributed by atoms with Crippen molar-refractivity contribution in [3.8, 4) is 0 Å². The van der Waals surface area contributed by atoms with Crippen LogP contribution in [-0.2, 0) is 9.22 Å². The topological polar surface area (TPSA) is 46.5 Å². The Hall–Kier alpha value is -0.233. The zero-order valence-corrected chi connectivity index (χ0v) is 17.7. The van der Waals surface area contributed by atoms with E-state index in [4.69, 9.17) is 4.43 Å². The predicted molar refractivity (Wildman–Crippen MR) is 102 cm³/mol. The summed E-state index contributed by atoms with van der Waals surface area (Å²) in [6.45, 7) is 12.2. The van der Waals surface area contributed by atoms with Gasteiger partial charge < -0.3 is 9.53 Å². The third-order valence-electron chi connectivity index (χ3n) is 4.74. The van der Waals surface area contributed by atoms with E-state index in [-0.39, 0.29) is 17.2 Å². The van der Waals surface area contributed by atoms with Crippen LogP contribution in [0.5, 0.6) is 0 Å². The average Bonchev–Trinajstić information content (AvgIpc) is 2.70. The van der Waals surface area contributed by atoms with Crippen LogP contribution >= 0.6 is 15.9 Å². The summed E-state index contributed by atoms with van der Waals surface area (Å²) in [6.07, 6.45) is 7.16. The number of aliphatic hydroxyl groups excluding tert-OH is 1. The van der Waals surface area contributed by atoms with Crippen LogP contribution in [0.2, 0.25) is 18.1 Å². The first-order valence-corrected chi connectivity index (χ1v) is 12.1. The third-order valence-corrected chi connectivity index (χ3v) is 9.88. The molecule has 0 saturated heterocycles. The lowest BCUT2D eigenvalue weighted by molar-refractivity contribution is -0.115. The molecule has 0 aromatic rings. The minimum absolute atomic E-state index is 0.0608. The van der Waals surface area contributed by atoms with Gasteiger partial charge in [-0.2, -0.15) is 0 Å². The van der Waals surface area contributed by atoms with Crippen LogP contribution in [0.15, 0.2) is 22.2 Å². The van der Waals surface area contributed by atoms with Crippen molar-refractivity contribution in [2.75, 3.05) is 6.61 Å². The SMILES string of the molecule is CC(C)(C)[Si](C)(C)OCCCC/C=C(\Br)CC1=C[C@@H](O)CC1=O. The first-order valence-electron chi connectivity index (χ1n) is 8.43. The summed E-state index contributed by atoms with van der Waals surface area (Å²) in [7, 11) is -1.62. The zero-order chi connectivity index (χ0) is 17.7. The highest BCUT2D eigenvalue weighted by Crippen LogP contribution is 2.36. The fraction of sp³-hybridized carbons (Fsp3) is 0.722. The molecule has 0 fully saturated rings. The van der Waals surface area contributed by atoms with Crippen molar-refractivity contribution in [1.82, 2.24) is 0 Å².